The molecule has 3 aromatic rings. The van der Waals surface area contributed by atoms with Gasteiger partial charge in [0.1, 0.15) is 11.6 Å². The Morgan fingerprint density at radius 3 is 2.59 bits per heavy atom. The predicted molar refractivity (Wildman–Crippen MR) is 123 cm³/mol. The number of halogens is 3. The van der Waals surface area contributed by atoms with Gasteiger partial charge in [0, 0.05) is 29.5 Å². The van der Waals surface area contributed by atoms with Crippen LogP contribution in [0, 0.1) is 12.8 Å². The lowest BCUT2D eigenvalue weighted by molar-refractivity contribution is -0.137. The topological polar surface area (TPSA) is 67.1 Å². The number of aryl methyl sites for hydroxylation is 1. The molecule has 0 radical (unpaired) electrons. The van der Waals surface area contributed by atoms with E-state index in [0.29, 0.717) is 23.1 Å². The Kier molecular flexibility index (Phi) is 5.27. The molecule has 2 aromatic carbocycles. The molecule has 8 heteroatoms. The predicted octanol–water partition coefficient (Wildman–Crippen LogP) is 5.85. The van der Waals surface area contributed by atoms with E-state index in [1.54, 1.807) is 19.9 Å². The molecule has 1 aromatic heterocycles. The van der Waals surface area contributed by atoms with Crippen LogP contribution >= 0.6 is 0 Å². The van der Waals surface area contributed by atoms with Gasteiger partial charge in [-0.2, -0.15) is 13.2 Å². The van der Waals surface area contributed by atoms with Crippen molar-refractivity contribution in [3.63, 3.8) is 0 Å². The minimum absolute atomic E-state index is 0.0653. The second kappa shape index (κ2) is 7.69. The highest BCUT2D eigenvalue weighted by Crippen LogP contribution is 2.39. The fraction of sp³-hybridized carbons (Fsp3) is 0.333. The van der Waals surface area contributed by atoms with E-state index >= 15 is 0 Å². The Hall–Kier alpha value is -3.29. The number of nitrogens with two attached hydrogens (primary N) is 1. The second-order valence-electron chi connectivity index (χ2n) is 8.53. The van der Waals surface area contributed by atoms with Gasteiger partial charge >= 0.3 is 6.18 Å². The molecule has 0 aliphatic carbocycles. The molecule has 2 heterocycles. The number of nitrogen functional groups attached to an aromatic ring is 1. The van der Waals surface area contributed by atoms with Gasteiger partial charge in [0.05, 0.1) is 17.1 Å². The number of allylic oxidation sites excluding steroid dienone is 1. The summed E-state index contributed by atoms with van der Waals surface area (Å²) >= 11 is 0. The number of nitrogens with zero attached hydrogens (tertiary/aromatic N) is 3. The monoisotopic (exact) mass is 441 g/mol. The van der Waals surface area contributed by atoms with E-state index in [1.165, 1.54) is 5.56 Å². The van der Waals surface area contributed by atoms with Crippen LogP contribution in [0.25, 0.3) is 10.9 Å². The van der Waals surface area contributed by atoms with Crippen molar-refractivity contribution in [1.29, 1.82) is 0 Å². The van der Waals surface area contributed by atoms with Crippen molar-refractivity contribution in [2.45, 2.75) is 39.4 Å². The molecule has 2 atom stereocenters. The molecule has 0 amide bonds. The van der Waals surface area contributed by atoms with Crippen LogP contribution < -0.4 is 16.0 Å². The first kappa shape index (κ1) is 21.9. The number of anilines is 3. The van der Waals surface area contributed by atoms with Gasteiger partial charge in [0.15, 0.2) is 0 Å². The molecule has 3 N–H and O–H groups in total. The molecule has 1 aliphatic heterocycles. The molecule has 0 saturated carbocycles. The van der Waals surface area contributed by atoms with E-state index < -0.39 is 17.8 Å². The van der Waals surface area contributed by atoms with Gasteiger partial charge in [0.25, 0.3) is 0 Å². The normalized spacial score (nSPS) is 17.4. The smallest absolute Gasteiger partial charge is 0.399 e. The lowest BCUT2D eigenvalue weighted by atomic mass is 9.90. The lowest BCUT2D eigenvalue weighted by Gasteiger charge is -2.34. The maximum Gasteiger partial charge on any atom is 0.416 e. The van der Waals surface area contributed by atoms with E-state index in [4.69, 9.17) is 5.73 Å². The van der Waals surface area contributed by atoms with Crippen molar-refractivity contribution < 1.29 is 13.2 Å². The van der Waals surface area contributed by atoms with Crippen LogP contribution in [0.15, 0.2) is 42.6 Å². The van der Waals surface area contributed by atoms with Gasteiger partial charge in [-0.3, -0.25) is 0 Å². The first-order valence-corrected chi connectivity index (χ1v) is 10.4. The number of rotatable bonds is 3. The average molecular weight is 442 g/mol. The molecule has 32 heavy (non-hydrogen) atoms. The molecule has 0 bridgehead atoms. The fourth-order valence-electron chi connectivity index (χ4n) is 4.22. The first-order valence-electron chi connectivity index (χ1n) is 10.4. The third-order valence-electron chi connectivity index (χ3n) is 6.05. The minimum Gasteiger partial charge on any atom is -0.399 e. The number of aromatic nitrogens is 2. The highest BCUT2D eigenvalue weighted by Gasteiger charge is 2.31. The summed E-state index contributed by atoms with van der Waals surface area (Å²) in [5.74, 6) is 1.48. The summed E-state index contributed by atoms with van der Waals surface area (Å²) in [6, 6.07) is 7.24. The summed E-state index contributed by atoms with van der Waals surface area (Å²) in [4.78, 5) is 11.2. The summed E-state index contributed by atoms with van der Waals surface area (Å²) in [6.45, 7) is 9.92. The first-order chi connectivity index (χ1) is 14.9. The molecule has 1 unspecified atom stereocenters. The van der Waals surface area contributed by atoms with Gasteiger partial charge in [0.2, 0.25) is 0 Å². The summed E-state index contributed by atoms with van der Waals surface area (Å²) in [5.41, 5.74) is 9.52. The third kappa shape index (κ3) is 3.97. The van der Waals surface area contributed by atoms with E-state index in [2.05, 4.69) is 39.8 Å². The van der Waals surface area contributed by atoms with E-state index in [0.717, 1.165) is 40.8 Å². The molecule has 0 fully saturated rings. The van der Waals surface area contributed by atoms with Gasteiger partial charge in [-0.25, -0.2) is 9.97 Å². The van der Waals surface area contributed by atoms with E-state index in [-0.39, 0.29) is 5.69 Å². The number of benzene rings is 2. The van der Waals surface area contributed by atoms with Crippen LogP contribution in [-0.2, 0) is 12.6 Å². The van der Waals surface area contributed by atoms with E-state index in [1.807, 2.05) is 13.1 Å². The van der Waals surface area contributed by atoms with Gasteiger partial charge in [-0.1, -0.05) is 13.5 Å². The van der Waals surface area contributed by atoms with Crippen LogP contribution in [-0.4, -0.2) is 17.0 Å². The number of fused-ring (bicyclic) bond motifs is 2. The molecule has 5 nitrogen and oxygen atoms in total. The highest BCUT2D eigenvalue weighted by atomic mass is 19.4. The minimum atomic E-state index is -4.47. The van der Waals surface area contributed by atoms with Crippen molar-refractivity contribution >= 4 is 28.1 Å². The quantitative estimate of drug-likeness (QED) is 0.499. The molecule has 168 valence electrons. The molecule has 1 aliphatic rings. The standard InChI is InChI=1S/C24H26F3N5/c1-12-6-17-9-21-20(11-22(17)32(5)14(12)3)23(31-15(4)30-21)29-13(2)16-7-18(24(25,26)27)10-19(28)8-16/h7-13H,3,6,28H2,1-2,4-5H3,(H,29,30,31)/t12?,13-/m1/s1. The SMILES string of the molecule is C=C1C(C)Cc2cc3nc(C)nc(N[C@H](C)c4cc(N)cc(C(F)(F)F)c4)c3cc2N1C. The van der Waals surface area contributed by atoms with Crippen molar-refractivity contribution in [1.82, 2.24) is 9.97 Å². The van der Waals surface area contributed by atoms with Crippen LogP contribution in [0.5, 0.6) is 0 Å². The number of alkyl halides is 3. The molecule has 4 rings (SSSR count). The Balaban J connectivity index is 1.77. The highest BCUT2D eigenvalue weighted by molar-refractivity contribution is 5.93. The number of hydrogen-bond donors (Lipinski definition) is 2. The summed E-state index contributed by atoms with van der Waals surface area (Å²) in [7, 11) is 1.98. The summed E-state index contributed by atoms with van der Waals surface area (Å²) < 4.78 is 39.7. The average Bonchev–Trinajstić information content (AvgIpc) is 2.70. The largest absolute Gasteiger partial charge is 0.416 e. The zero-order chi connectivity index (χ0) is 23.4. The van der Waals surface area contributed by atoms with Crippen molar-refractivity contribution in [2.75, 3.05) is 23.0 Å². The van der Waals surface area contributed by atoms with Crippen molar-refractivity contribution in [3.8, 4) is 0 Å². The maximum atomic E-state index is 13.2. The Morgan fingerprint density at radius 1 is 1.19 bits per heavy atom. The maximum absolute atomic E-state index is 13.2. The van der Waals surface area contributed by atoms with Crippen LogP contribution in [0.1, 0.15) is 42.4 Å². The summed E-state index contributed by atoms with van der Waals surface area (Å²) in [5, 5.41) is 4.08. The van der Waals surface area contributed by atoms with Crippen LogP contribution in [0.4, 0.5) is 30.4 Å². The Labute approximate surface area is 185 Å². The number of hydrogen-bond acceptors (Lipinski definition) is 5. The van der Waals surface area contributed by atoms with E-state index in [9.17, 15) is 13.2 Å². The van der Waals surface area contributed by atoms with Gasteiger partial charge in [-0.05, 0) is 67.6 Å². The van der Waals surface area contributed by atoms with Gasteiger partial charge in [-0.15, -0.1) is 0 Å². The Bertz CT molecular complexity index is 1220. The molecular weight excluding hydrogens is 415 g/mol. The fourth-order valence-corrected chi connectivity index (χ4v) is 4.22. The van der Waals surface area contributed by atoms with Crippen LogP contribution in [0.2, 0.25) is 0 Å². The van der Waals surface area contributed by atoms with Crippen molar-refractivity contribution in [3.05, 3.63) is 65.1 Å². The summed E-state index contributed by atoms with van der Waals surface area (Å²) in [6.07, 6.45) is -3.59. The lowest BCUT2D eigenvalue weighted by Crippen LogP contribution is -2.28. The van der Waals surface area contributed by atoms with Gasteiger partial charge < -0.3 is 16.0 Å². The molecule has 0 spiro atoms. The Morgan fingerprint density at radius 2 is 1.91 bits per heavy atom. The third-order valence-corrected chi connectivity index (χ3v) is 6.05. The van der Waals surface area contributed by atoms with Crippen LogP contribution in [0.3, 0.4) is 0 Å². The number of nitrogens with one attached hydrogen (secondary N) is 1. The zero-order valence-corrected chi connectivity index (χ0v) is 18.5. The van der Waals surface area contributed by atoms with Crippen molar-refractivity contribution in [2.24, 2.45) is 5.92 Å². The second-order valence-corrected chi connectivity index (χ2v) is 8.53. The molecule has 0 saturated heterocycles. The zero-order valence-electron chi connectivity index (χ0n) is 18.5. The molecular formula is C24H26F3N5.